The van der Waals surface area contributed by atoms with Crippen molar-refractivity contribution in [2.45, 2.75) is 27.3 Å². The highest BCUT2D eigenvalue weighted by Crippen LogP contribution is 2.19. The maximum atomic E-state index is 12.9. The Morgan fingerprint density at radius 1 is 0.885 bits per heavy atom. The Morgan fingerprint density at radius 2 is 1.62 bits per heavy atom. The fourth-order valence-electron chi connectivity index (χ4n) is 3.17. The Kier molecular flexibility index (Phi) is 3.96. The summed E-state index contributed by atoms with van der Waals surface area (Å²) in [5.74, 6) is 0. The molecule has 0 radical (unpaired) electrons. The monoisotopic (exact) mass is 343 g/mol. The highest BCUT2D eigenvalue weighted by Gasteiger charge is 2.10. The quantitative estimate of drug-likeness (QED) is 0.561. The molecule has 0 N–H and O–H groups in total. The molecule has 0 saturated heterocycles. The molecule has 0 spiro atoms. The Morgan fingerprint density at radius 3 is 2.38 bits per heavy atom. The molecule has 4 heteroatoms. The van der Waals surface area contributed by atoms with E-state index in [-0.39, 0.29) is 5.56 Å². The lowest BCUT2D eigenvalue weighted by Crippen LogP contribution is -2.22. The van der Waals surface area contributed by atoms with Crippen LogP contribution >= 0.6 is 0 Å². The van der Waals surface area contributed by atoms with Crippen molar-refractivity contribution in [3.8, 4) is 11.3 Å². The minimum Gasteiger partial charge on any atom is -0.308 e. The summed E-state index contributed by atoms with van der Waals surface area (Å²) >= 11 is 0. The van der Waals surface area contributed by atoms with Crippen LogP contribution in [0.15, 0.2) is 65.7 Å². The van der Waals surface area contributed by atoms with E-state index in [9.17, 15) is 4.79 Å². The second kappa shape index (κ2) is 6.30. The number of nitrogens with zero attached hydrogens (tertiary/aromatic N) is 3. The van der Waals surface area contributed by atoms with Crippen molar-refractivity contribution in [3.05, 3.63) is 93.5 Å². The van der Waals surface area contributed by atoms with Gasteiger partial charge in [-0.05, 0) is 38.0 Å². The van der Waals surface area contributed by atoms with Gasteiger partial charge in [-0.1, -0.05) is 53.6 Å². The molecule has 2 aromatic heterocycles. The topological polar surface area (TPSA) is 39.3 Å². The molecule has 26 heavy (non-hydrogen) atoms. The molecule has 0 aliphatic carbocycles. The van der Waals surface area contributed by atoms with E-state index < -0.39 is 0 Å². The van der Waals surface area contributed by atoms with Gasteiger partial charge in [0.15, 0.2) is 0 Å². The average molecular weight is 343 g/mol. The number of aromatic nitrogens is 3. The lowest BCUT2D eigenvalue weighted by Gasteiger charge is -2.10. The van der Waals surface area contributed by atoms with Gasteiger partial charge < -0.3 is 4.57 Å². The van der Waals surface area contributed by atoms with E-state index >= 15 is 0 Å². The zero-order valence-corrected chi connectivity index (χ0v) is 15.2. The summed E-state index contributed by atoms with van der Waals surface area (Å²) in [5, 5.41) is 4.56. The first kappa shape index (κ1) is 16.3. The number of rotatable bonds is 3. The van der Waals surface area contributed by atoms with Gasteiger partial charge in [0.1, 0.15) is 5.52 Å². The van der Waals surface area contributed by atoms with Crippen LogP contribution in [0, 0.1) is 20.8 Å². The van der Waals surface area contributed by atoms with Crippen LogP contribution in [0.3, 0.4) is 0 Å². The highest BCUT2D eigenvalue weighted by atomic mass is 16.1. The van der Waals surface area contributed by atoms with Gasteiger partial charge in [-0.3, -0.25) is 4.79 Å². The second-order valence-electron chi connectivity index (χ2n) is 6.89. The lowest BCUT2D eigenvalue weighted by molar-refractivity contribution is 0.739. The first-order valence-corrected chi connectivity index (χ1v) is 8.73. The third-order valence-electron chi connectivity index (χ3n) is 4.80. The molecule has 0 amide bonds. The van der Waals surface area contributed by atoms with E-state index in [0.717, 1.165) is 16.8 Å². The maximum absolute atomic E-state index is 12.9. The standard InChI is InChI=1S/C22H21N3O/c1-15-5-8-18(9-6-15)20-13-21-22(26)24(10-11-25(21)23-20)14-19-12-16(2)4-7-17(19)3/h4-13H,14H2,1-3H3. The molecule has 130 valence electrons. The van der Waals surface area contributed by atoms with E-state index in [1.54, 1.807) is 9.08 Å². The summed E-state index contributed by atoms with van der Waals surface area (Å²) in [6.07, 6.45) is 3.66. The number of hydrogen-bond acceptors (Lipinski definition) is 2. The third kappa shape index (κ3) is 2.94. The predicted octanol–water partition coefficient (Wildman–Crippen LogP) is 4.14. The summed E-state index contributed by atoms with van der Waals surface area (Å²) in [4.78, 5) is 12.9. The average Bonchev–Trinajstić information content (AvgIpc) is 3.06. The first-order chi connectivity index (χ1) is 12.5. The normalized spacial score (nSPS) is 11.2. The second-order valence-corrected chi connectivity index (χ2v) is 6.89. The van der Waals surface area contributed by atoms with Gasteiger partial charge in [0.2, 0.25) is 0 Å². The molecule has 0 aliphatic heterocycles. The molecule has 4 rings (SSSR count). The Hall–Kier alpha value is -3.14. The summed E-state index contributed by atoms with van der Waals surface area (Å²) in [6.45, 7) is 6.76. The summed E-state index contributed by atoms with van der Waals surface area (Å²) in [7, 11) is 0. The predicted molar refractivity (Wildman–Crippen MR) is 105 cm³/mol. The molecule has 0 fully saturated rings. The van der Waals surface area contributed by atoms with Gasteiger partial charge in [-0.15, -0.1) is 0 Å². The van der Waals surface area contributed by atoms with Gasteiger partial charge >= 0.3 is 0 Å². The molecule has 0 bridgehead atoms. The minimum atomic E-state index is -0.0285. The summed E-state index contributed by atoms with van der Waals surface area (Å²) < 4.78 is 3.41. The lowest BCUT2D eigenvalue weighted by atomic mass is 10.1. The fraction of sp³-hybridized carbons (Fsp3) is 0.182. The largest absolute Gasteiger partial charge is 0.308 e. The summed E-state index contributed by atoms with van der Waals surface area (Å²) in [6, 6.07) is 16.4. The molecule has 0 aliphatic rings. The SMILES string of the molecule is Cc1ccc(-c2cc3c(=O)n(Cc4cc(C)ccc4C)ccn3n2)cc1. The van der Waals surface area contributed by atoms with Gasteiger partial charge in [0.05, 0.1) is 12.2 Å². The molecule has 0 unspecified atom stereocenters. The molecular weight excluding hydrogens is 322 g/mol. The van der Waals surface area contributed by atoms with E-state index in [1.807, 2.05) is 30.6 Å². The van der Waals surface area contributed by atoms with E-state index in [0.29, 0.717) is 12.1 Å². The van der Waals surface area contributed by atoms with Gasteiger partial charge in [-0.25, -0.2) is 4.52 Å². The van der Waals surface area contributed by atoms with Crippen molar-refractivity contribution >= 4 is 5.52 Å². The highest BCUT2D eigenvalue weighted by molar-refractivity contribution is 5.65. The first-order valence-electron chi connectivity index (χ1n) is 8.73. The van der Waals surface area contributed by atoms with Crippen molar-refractivity contribution in [2.75, 3.05) is 0 Å². The van der Waals surface area contributed by atoms with Crippen LogP contribution in [0.5, 0.6) is 0 Å². The summed E-state index contributed by atoms with van der Waals surface area (Å²) in [5.41, 5.74) is 7.14. The van der Waals surface area contributed by atoms with Crippen LogP contribution in [0.4, 0.5) is 0 Å². The molecule has 2 aromatic carbocycles. The fourth-order valence-corrected chi connectivity index (χ4v) is 3.17. The number of aryl methyl sites for hydroxylation is 3. The number of benzene rings is 2. The van der Waals surface area contributed by atoms with Crippen molar-refractivity contribution in [3.63, 3.8) is 0 Å². The molecule has 2 heterocycles. The van der Waals surface area contributed by atoms with E-state index in [2.05, 4.69) is 56.2 Å². The zero-order valence-electron chi connectivity index (χ0n) is 15.2. The minimum absolute atomic E-state index is 0.0285. The Labute approximate surface area is 152 Å². The van der Waals surface area contributed by atoms with Crippen molar-refractivity contribution < 1.29 is 0 Å². The van der Waals surface area contributed by atoms with Crippen LogP contribution < -0.4 is 5.56 Å². The van der Waals surface area contributed by atoms with Crippen LogP contribution in [-0.4, -0.2) is 14.2 Å². The molecular formula is C22H21N3O. The zero-order chi connectivity index (χ0) is 18.3. The van der Waals surface area contributed by atoms with E-state index in [4.69, 9.17) is 0 Å². The third-order valence-corrected chi connectivity index (χ3v) is 4.80. The smallest absolute Gasteiger partial charge is 0.276 e. The maximum Gasteiger partial charge on any atom is 0.276 e. The number of hydrogen-bond donors (Lipinski definition) is 0. The molecule has 0 atom stereocenters. The van der Waals surface area contributed by atoms with Crippen LogP contribution in [0.2, 0.25) is 0 Å². The Balaban J connectivity index is 1.76. The number of fused-ring (bicyclic) bond motifs is 1. The van der Waals surface area contributed by atoms with Crippen molar-refractivity contribution in [1.82, 2.24) is 14.2 Å². The van der Waals surface area contributed by atoms with Crippen LogP contribution in [0.25, 0.3) is 16.8 Å². The van der Waals surface area contributed by atoms with E-state index in [1.165, 1.54) is 16.7 Å². The van der Waals surface area contributed by atoms with Crippen LogP contribution in [0.1, 0.15) is 22.3 Å². The van der Waals surface area contributed by atoms with Gasteiger partial charge in [0.25, 0.3) is 5.56 Å². The van der Waals surface area contributed by atoms with Crippen molar-refractivity contribution in [1.29, 1.82) is 0 Å². The molecule has 0 saturated carbocycles. The van der Waals surface area contributed by atoms with Crippen LogP contribution in [-0.2, 0) is 6.54 Å². The van der Waals surface area contributed by atoms with Gasteiger partial charge in [0, 0.05) is 18.0 Å². The molecule has 4 nitrogen and oxygen atoms in total. The van der Waals surface area contributed by atoms with Gasteiger partial charge in [-0.2, -0.15) is 5.10 Å². The van der Waals surface area contributed by atoms with Crippen molar-refractivity contribution in [2.24, 2.45) is 0 Å². The molecule has 4 aromatic rings. The Bertz CT molecular complexity index is 1150.